The van der Waals surface area contributed by atoms with E-state index in [2.05, 4.69) is 5.32 Å². The Morgan fingerprint density at radius 3 is 2.67 bits per heavy atom. The first-order valence-electron chi connectivity index (χ1n) is 4.61. The number of ether oxygens (including phenoxy) is 1. The van der Waals surface area contributed by atoms with E-state index in [0.717, 1.165) is 12.8 Å². The maximum Gasteiger partial charge on any atom is 0.224 e. The minimum atomic E-state index is 0.163. The van der Waals surface area contributed by atoms with Gasteiger partial charge in [0.15, 0.2) is 0 Å². The molecule has 0 aromatic carbocycles. The third kappa shape index (κ3) is 2.81. The van der Waals surface area contributed by atoms with E-state index in [1.807, 2.05) is 0 Å². The van der Waals surface area contributed by atoms with E-state index in [1.165, 1.54) is 19.3 Å². The number of rotatable bonds is 3. The van der Waals surface area contributed by atoms with Crippen molar-refractivity contribution in [3.63, 3.8) is 0 Å². The second-order valence-electron chi connectivity index (χ2n) is 3.31. The topological polar surface area (TPSA) is 38.3 Å². The van der Waals surface area contributed by atoms with Crippen LogP contribution in [0.25, 0.3) is 0 Å². The first-order valence-corrected chi connectivity index (χ1v) is 4.61. The second-order valence-corrected chi connectivity index (χ2v) is 3.31. The van der Waals surface area contributed by atoms with Crippen LogP contribution in [-0.2, 0) is 9.53 Å². The van der Waals surface area contributed by atoms with Crippen molar-refractivity contribution in [2.24, 2.45) is 5.92 Å². The molecule has 3 nitrogen and oxygen atoms in total. The molecule has 70 valence electrons. The molecule has 0 bridgehead atoms. The van der Waals surface area contributed by atoms with Crippen LogP contribution in [-0.4, -0.2) is 19.7 Å². The molecular weight excluding hydrogens is 154 g/mol. The van der Waals surface area contributed by atoms with Crippen molar-refractivity contribution in [1.29, 1.82) is 0 Å². The Morgan fingerprint density at radius 1 is 1.42 bits per heavy atom. The summed E-state index contributed by atoms with van der Waals surface area (Å²) in [6.45, 7) is 0.343. The fraction of sp³-hybridized carbons (Fsp3) is 0.889. The second kappa shape index (κ2) is 5.14. The van der Waals surface area contributed by atoms with Crippen LogP contribution in [0, 0.1) is 5.92 Å². The lowest BCUT2D eigenvalue weighted by Gasteiger charge is -2.20. The number of hydrogen-bond donors (Lipinski definition) is 1. The van der Waals surface area contributed by atoms with Crippen molar-refractivity contribution in [3.8, 4) is 0 Å². The van der Waals surface area contributed by atoms with Gasteiger partial charge in [-0.3, -0.25) is 4.79 Å². The number of nitrogens with one attached hydrogen (secondary N) is 1. The lowest BCUT2D eigenvalue weighted by Crippen LogP contribution is -2.33. The van der Waals surface area contributed by atoms with Crippen LogP contribution < -0.4 is 5.32 Å². The van der Waals surface area contributed by atoms with Crippen LogP contribution in [0.2, 0.25) is 0 Å². The summed E-state index contributed by atoms with van der Waals surface area (Å²) in [5.41, 5.74) is 0. The smallest absolute Gasteiger partial charge is 0.224 e. The highest BCUT2D eigenvalue weighted by Gasteiger charge is 2.20. The zero-order chi connectivity index (χ0) is 8.81. The average Bonchev–Trinajstić information content (AvgIpc) is 2.15. The molecule has 1 rings (SSSR count). The molecule has 0 heterocycles. The van der Waals surface area contributed by atoms with Gasteiger partial charge in [-0.25, -0.2) is 0 Å². The molecule has 1 aliphatic rings. The molecule has 0 radical (unpaired) electrons. The van der Waals surface area contributed by atoms with Gasteiger partial charge in [0.25, 0.3) is 0 Å². The Balaban J connectivity index is 2.20. The number of carbonyl (C=O) groups is 1. The SMILES string of the molecule is COCNC(=O)C1CCCCC1. The molecule has 0 spiro atoms. The minimum absolute atomic E-state index is 0.163. The highest BCUT2D eigenvalue weighted by atomic mass is 16.5. The van der Waals surface area contributed by atoms with Crippen molar-refractivity contribution in [3.05, 3.63) is 0 Å². The molecular formula is C9H17NO2. The van der Waals surface area contributed by atoms with E-state index < -0.39 is 0 Å². The van der Waals surface area contributed by atoms with Crippen LogP contribution in [0.5, 0.6) is 0 Å². The highest BCUT2D eigenvalue weighted by Crippen LogP contribution is 2.23. The summed E-state index contributed by atoms with van der Waals surface area (Å²) in [7, 11) is 1.58. The third-order valence-corrected chi connectivity index (χ3v) is 2.37. The van der Waals surface area contributed by atoms with Gasteiger partial charge in [0.05, 0.1) is 0 Å². The normalized spacial score (nSPS) is 19.1. The predicted octanol–water partition coefficient (Wildman–Crippen LogP) is 1.29. The molecule has 0 aromatic heterocycles. The van der Waals surface area contributed by atoms with Crippen LogP contribution in [0.3, 0.4) is 0 Å². The van der Waals surface area contributed by atoms with E-state index in [9.17, 15) is 4.79 Å². The van der Waals surface area contributed by atoms with Gasteiger partial charge in [-0.2, -0.15) is 0 Å². The summed E-state index contributed by atoms with van der Waals surface area (Å²) >= 11 is 0. The van der Waals surface area contributed by atoms with Crippen LogP contribution >= 0.6 is 0 Å². The molecule has 12 heavy (non-hydrogen) atoms. The summed E-state index contributed by atoms with van der Waals surface area (Å²) < 4.78 is 4.77. The first kappa shape index (κ1) is 9.52. The molecule has 0 saturated heterocycles. The van der Waals surface area contributed by atoms with Gasteiger partial charge >= 0.3 is 0 Å². The molecule has 1 amide bonds. The summed E-state index contributed by atoms with van der Waals surface area (Å²) in [5.74, 6) is 0.408. The van der Waals surface area contributed by atoms with Crippen LogP contribution in [0.15, 0.2) is 0 Å². The molecule has 1 N–H and O–H groups in total. The lowest BCUT2D eigenvalue weighted by molar-refractivity contribution is -0.127. The van der Waals surface area contributed by atoms with Gasteiger partial charge in [0, 0.05) is 13.0 Å². The Hall–Kier alpha value is -0.570. The Labute approximate surface area is 73.5 Å². The summed E-state index contributed by atoms with van der Waals surface area (Å²) in [6, 6.07) is 0. The van der Waals surface area contributed by atoms with E-state index in [-0.39, 0.29) is 11.8 Å². The van der Waals surface area contributed by atoms with Crippen molar-refractivity contribution in [2.75, 3.05) is 13.8 Å². The largest absolute Gasteiger partial charge is 0.364 e. The van der Waals surface area contributed by atoms with Gasteiger partial charge in [-0.1, -0.05) is 19.3 Å². The van der Waals surface area contributed by atoms with E-state index >= 15 is 0 Å². The van der Waals surface area contributed by atoms with E-state index in [0.29, 0.717) is 6.73 Å². The first-order chi connectivity index (χ1) is 5.84. The van der Waals surface area contributed by atoms with Gasteiger partial charge in [0.2, 0.25) is 5.91 Å². The van der Waals surface area contributed by atoms with Gasteiger partial charge in [0.1, 0.15) is 6.73 Å². The number of hydrogen-bond acceptors (Lipinski definition) is 2. The lowest BCUT2D eigenvalue weighted by atomic mass is 9.89. The van der Waals surface area contributed by atoms with E-state index in [1.54, 1.807) is 7.11 Å². The monoisotopic (exact) mass is 171 g/mol. The molecule has 1 aliphatic carbocycles. The van der Waals surface area contributed by atoms with Gasteiger partial charge in [-0.15, -0.1) is 0 Å². The summed E-state index contributed by atoms with van der Waals surface area (Å²) in [5, 5.41) is 2.74. The molecule has 0 aromatic rings. The maximum absolute atomic E-state index is 11.4. The average molecular weight is 171 g/mol. The predicted molar refractivity (Wildman–Crippen MR) is 46.6 cm³/mol. The fourth-order valence-corrected chi connectivity index (χ4v) is 1.65. The van der Waals surface area contributed by atoms with Gasteiger partial charge in [-0.05, 0) is 12.8 Å². The van der Waals surface area contributed by atoms with Crippen molar-refractivity contribution >= 4 is 5.91 Å². The Kier molecular flexibility index (Phi) is 4.08. The van der Waals surface area contributed by atoms with E-state index in [4.69, 9.17) is 4.74 Å². The quantitative estimate of drug-likeness (QED) is 0.650. The highest BCUT2D eigenvalue weighted by molar-refractivity contribution is 5.78. The molecule has 1 fully saturated rings. The fourth-order valence-electron chi connectivity index (χ4n) is 1.65. The van der Waals surface area contributed by atoms with Crippen molar-refractivity contribution in [2.45, 2.75) is 32.1 Å². The third-order valence-electron chi connectivity index (χ3n) is 2.37. The van der Waals surface area contributed by atoms with Crippen LogP contribution in [0.1, 0.15) is 32.1 Å². The van der Waals surface area contributed by atoms with Crippen molar-refractivity contribution in [1.82, 2.24) is 5.32 Å². The minimum Gasteiger partial charge on any atom is -0.364 e. The Morgan fingerprint density at radius 2 is 2.08 bits per heavy atom. The maximum atomic E-state index is 11.4. The van der Waals surface area contributed by atoms with Crippen LogP contribution in [0.4, 0.5) is 0 Å². The number of carbonyl (C=O) groups excluding carboxylic acids is 1. The zero-order valence-electron chi connectivity index (χ0n) is 7.64. The van der Waals surface area contributed by atoms with Gasteiger partial charge < -0.3 is 10.1 Å². The summed E-state index contributed by atoms with van der Waals surface area (Å²) in [4.78, 5) is 11.4. The molecule has 0 aliphatic heterocycles. The summed E-state index contributed by atoms with van der Waals surface area (Å²) in [6.07, 6.45) is 5.79. The zero-order valence-corrected chi connectivity index (χ0v) is 7.64. The molecule has 0 atom stereocenters. The molecule has 1 saturated carbocycles. The number of methoxy groups -OCH3 is 1. The number of amides is 1. The van der Waals surface area contributed by atoms with Crippen molar-refractivity contribution < 1.29 is 9.53 Å². The standard InChI is InChI=1S/C9H17NO2/c1-12-7-10-9(11)8-5-3-2-4-6-8/h8H,2-7H2,1H3,(H,10,11). The Bertz CT molecular complexity index is 141. The molecule has 0 unspecified atom stereocenters. The molecule has 3 heteroatoms.